The topological polar surface area (TPSA) is 49.6 Å². The number of hydrogen-bond donors (Lipinski definition) is 1. The van der Waals surface area contributed by atoms with E-state index in [1.54, 1.807) is 0 Å². The lowest BCUT2D eigenvalue weighted by Crippen LogP contribution is -2.38. The van der Waals surface area contributed by atoms with Gasteiger partial charge < -0.3 is 10.6 Å². The minimum absolute atomic E-state index is 0.511. The van der Waals surface area contributed by atoms with Gasteiger partial charge in [-0.2, -0.15) is 0 Å². The maximum Gasteiger partial charge on any atom is 0.329 e. The van der Waals surface area contributed by atoms with Gasteiger partial charge in [-0.05, 0) is 25.9 Å². The standard InChI is InChI=1S/C8H16ClN3O/c9-12(8(10)13)7-6-11-4-2-1-3-5-11/h1-7H2,(H2,10,13). The first-order chi connectivity index (χ1) is 6.20. The number of nitrogens with zero attached hydrogens (tertiary/aromatic N) is 2. The lowest BCUT2D eigenvalue weighted by atomic mass is 10.1. The van der Waals surface area contributed by atoms with Crippen LogP contribution in [-0.4, -0.2) is 41.5 Å². The first-order valence-corrected chi connectivity index (χ1v) is 4.99. The third-order valence-electron chi connectivity index (χ3n) is 2.30. The van der Waals surface area contributed by atoms with Crippen LogP contribution >= 0.6 is 11.8 Å². The van der Waals surface area contributed by atoms with Gasteiger partial charge in [0.2, 0.25) is 0 Å². The molecule has 2 N–H and O–H groups in total. The SMILES string of the molecule is NC(=O)N(Cl)CCN1CCCCC1. The van der Waals surface area contributed by atoms with Crippen molar-refractivity contribution >= 4 is 17.8 Å². The van der Waals surface area contributed by atoms with Crippen molar-refractivity contribution in [1.29, 1.82) is 0 Å². The Labute approximate surface area is 83.7 Å². The molecule has 0 aromatic carbocycles. The van der Waals surface area contributed by atoms with Crippen molar-refractivity contribution in [3.05, 3.63) is 0 Å². The Hall–Kier alpha value is -0.480. The summed E-state index contributed by atoms with van der Waals surface area (Å²) in [4.78, 5) is 12.9. The monoisotopic (exact) mass is 205 g/mol. The Balaban J connectivity index is 2.13. The van der Waals surface area contributed by atoms with Crippen molar-refractivity contribution in [3.8, 4) is 0 Å². The van der Waals surface area contributed by atoms with Gasteiger partial charge in [0.25, 0.3) is 0 Å². The van der Waals surface area contributed by atoms with E-state index in [9.17, 15) is 4.79 Å². The maximum atomic E-state index is 10.6. The van der Waals surface area contributed by atoms with E-state index in [1.807, 2.05) is 0 Å². The summed E-state index contributed by atoms with van der Waals surface area (Å²) >= 11 is 5.57. The van der Waals surface area contributed by atoms with Gasteiger partial charge in [-0.15, -0.1) is 0 Å². The van der Waals surface area contributed by atoms with Crippen LogP contribution in [0.4, 0.5) is 4.79 Å². The van der Waals surface area contributed by atoms with Crippen LogP contribution in [-0.2, 0) is 0 Å². The van der Waals surface area contributed by atoms with Crippen LogP contribution in [0.5, 0.6) is 0 Å². The molecule has 1 rings (SSSR count). The Kier molecular flexibility index (Phi) is 4.32. The number of carbonyl (C=O) groups is 1. The molecule has 76 valence electrons. The predicted octanol–water partition coefficient (Wildman–Crippen LogP) is 1.01. The average Bonchev–Trinajstić information content (AvgIpc) is 2.15. The highest BCUT2D eigenvalue weighted by molar-refractivity contribution is 6.20. The number of primary amides is 1. The molecule has 1 saturated heterocycles. The van der Waals surface area contributed by atoms with Crippen LogP contribution in [0.2, 0.25) is 0 Å². The van der Waals surface area contributed by atoms with Gasteiger partial charge in [0.15, 0.2) is 0 Å². The average molecular weight is 206 g/mol. The fraction of sp³-hybridized carbons (Fsp3) is 0.875. The molecule has 0 aromatic rings. The van der Waals surface area contributed by atoms with E-state index in [-0.39, 0.29) is 0 Å². The first kappa shape index (κ1) is 10.6. The summed E-state index contributed by atoms with van der Waals surface area (Å²) in [6.07, 6.45) is 3.81. The Morgan fingerprint density at radius 1 is 1.38 bits per heavy atom. The van der Waals surface area contributed by atoms with E-state index in [2.05, 4.69) is 4.90 Å². The van der Waals surface area contributed by atoms with Crippen molar-refractivity contribution in [2.45, 2.75) is 19.3 Å². The summed E-state index contributed by atoms with van der Waals surface area (Å²) in [7, 11) is 0. The number of amides is 2. The number of rotatable bonds is 3. The number of hydrogen-bond acceptors (Lipinski definition) is 2. The molecule has 1 aliphatic rings. The fourth-order valence-corrected chi connectivity index (χ4v) is 1.60. The molecular weight excluding hydrogens is 190 g/mol. The van der Waals surface area contributed by atoms with Gasteiger partial charge in [-0.3, -0.25) is 0 Å². The second-order valence-electron chi connectivity index (χ2n) is 3.33. The molecule has 0 aliphatic carbocycles. The lowest BCUT2D eigenvalue weighted by Gasteiger charge is -2.27. The van der Waals surface area contributed by atoms with Gasteiger partial charge in [-0.1, -0.05) is 6.42 Å². The van der Waals surface area contributed by atoms with E-state index in [1.165, 1.54) is 19.3 Å². The van der Waals surface area contributed by atoms with Crippen LogP contribution < -0.4 is 5.73 Å². The normalized spacial score (nSPS) is 18.5. The number of urea groups is 1. The van der Waals surface area contributed by atoms with Crippen LogP contribution in [0.1, 0.15) is 19.3 Å². The van der Waals surface area contributed by atoms with Crippen molar-refractivity contribution in [1.82, 2.24) is 9.32 Å². The van der Waals surface area contributed by atoms with Gasteiger partial charge in [0.1, 0.15) is 0 Å². The minimum Gasteiger partial charge on any atom is -0.350 e. The van der Waals surface area contributed by atoms with Crippen LogP contribution in [0.25, 0.3) is 0 Å². The first-order valence-electron chi connectivity index (χ1n) is 4.65. The molecule has 1 fully saturated rings. The Morgan fingerprint density at radius 2 is 2.00 bits per heavy atom. The quantitative estimate of drug-likeness (QED) is 0.700. The molecule has 0 atom stereocenters. The molecule has 0 saturated carbocycles. The molecule has 0 bridgehead atoms. The number of likely N-dealkylation sites (tertiary alicyclic amines) is 1. The number of nitrogens with two attached hydrogens (primary N) is 1. The molecule has 1 aliphatic heterocycles. The largest absolute Gasteiger partial charge is 0.350 e. The van der Waals surface area contributed by atoms with Crippen molar-refractivity contribution in [3.63, 3.8) is 0 Å². The molecule has 4 nitrogen and oxygen atoms in total. The Morgan fingerprint density at radius 3 is 2.54 bits per heavy atom. The van der Waals surface area contributed by atoms with Crippen molar-refractivity contribution in [2.24, 2.45) is 5.73 Å². The van der Waals surface area contributed by atoms with Crippen LogP contribution in [0.3, 0.4) is 0 Å². The molecule has 5 heteroatoms. The summed E-state index contributed by atoms with van der Waals surface area (Å²) in [5.41, 5.74) is 4.99. The van der Waals surface area contributed by atoms with Gasteiger partial charge in [0.05, 0.1) is 6.54 Å². The van der Waals surface area contributed by atoms with Crippen LogP contribution in [0, 0.1) is 0 Å². The second kappa shape index (κ2) is 5.29. The summed E-state index contributed by atoms with van der Waals surface area (Å²) < 4.78 is 1.04. The maximum absolute atomic E-state index is 10.6. The molecular formula is C8H16ClN3O. The van der Waals surface area contributed by atoms with Gasteiger partial charge in [-0.25, -0.2) is 9.21 Å². The van der Waals surface area contributed by atoms with E-state index >= 15 is 0 Å². The number of halogens is 1. The lowest BCUT2D eigenvalue weighted by molar-refractivity contribution is 0.205. The highest BCUT2D eigenvalue weighted by Crippen LogP contribution is 2.08. The molecule has 1 heterocycles. The summed E-state index contributed by atoms with van der Waals surface area (Å²) in [5.74, 6) is 0. The molecule has 0 radical (unpaired) electrons. The highest BCUT2D eigenvalue weighted by atomic mass is 35.5. The fourth-order valence-electron chi connectivity index (χ4n) is 1.52. The van der Waals surface area contributed by atoms with Crippen LogP contribution in [0.15, 0.2) is 0 Å². The van der Waals surface area contributed by atoms with E-state index in [0.29, 0.717) is 6.54 Å². The predicted molar refractivity (Wildman–Crippen MR) is 52.4 cm³/mol. The molecule has 0 aromatic heterocycles. The Bertz CT molecular complexity index is 171. The summed E-state index contributed by atoms with van der Waals surface area (Å²) in [5, 5.41) is 0. The number of carbonyl (C=O) groups excluding carboxylic acids is 1. The van der Waals surface area contributed by atoms with E-state index < -0.39 is 6.03 Å². The minimum atomic E-state index is -0.571. The smallest absolute Gasteiger partial charge is 0.329 e. The van der Waals surface area contributed by atoms with Crippen molar-refractivity contribution < 1.29 is 4.79 Å². The zero-order valence-corrected chi connectivity index (χ0v) is 8.46. The van der Waals surface area contributed by atoms with Gasteiger partial charge >= 0.3 is 6.03 Å². The third kappa shape index (κ3) is 3.83. The zero-order valence-electron chi connectivity index (χ0n) is 7.71. The molecule has 0 unspecified atom stereocenters. The molecule has 13 heavy (non-hydrogen) atoms. The van der Waals surface area contributed by atoms with Crippen molar-refractivity contribution in [2.75, 3.05) is 26.2 Å². The van der Waals surface area contributed by atoms with E-state index in [0.717, 1.165) is 24.1 Å². The highest BCUT2D eigenvalue weighted by Gasteiger charge is 2.12. The van der Waals surface area contributed by atoms with Gasteiger partial charge in [0, 0.05) is 18.3 Å². The molecule has 2 amide bonds. The summed E-state index contributed by atoms with van der Waals surface area (Å²) in [6.45, 7) is 3.57. The third-order valence-corrected chi connectivity index (χ3v) is 2.64. The van der Waals surface area contributed by atoms with E-state index in [4.69, 9.17) is 17.5 Å². The number of piperidine rings is 1. The molecule has 0 spiro atoms. The zero-order chi connectivity index (χ0) is 9.68. The second-order valence-corrected chi connectivity index (χ2v) is 3.73. The summed E-state index contributed by atoms with van der Waals surface area (Å²) in [6, 6.07) is -0.571.